The number of aromatic hydroxyl groups is 1. The number of hydrogen-bond donors (Lipinski definition) is 2. The number of anilines is 1. The number of fused-ring (bicyclic) bond motifs is 3. The second-order valence-electron chi connectivity index (χ2n) is 5.25. The van der Waals surface area contributed by atoms with Crippen molar-refractivity contribution >= 4 is 28.1 Å². The van der Waals surface area contributed by atoms with Gasteiger partial charge in [-0.25, -0.2) is 0 Å². The highest BCUT2D eigenvalue weighted by Gasteiger charge is 2.37. The zero-order chi connectivity index (χ0) is 15.4. The van der Waals surface area contributed by atoms with Crippen LogP contribution >= 0.6 is 11.6 Å². The van der Waals surface area contributed by atoms with Gasteiger partial charge in [-0.15, -0.1) is 11.6 Å². The predicted molar refractivity (Wildman–Crippen MR) is 77.2 cm³/mol. The third-order valence-corrected chi connectivity index (χ3v) is 4.23. The molecule has 0 spiro atoms. The van der Waals surface area contributed by atoms with Crippen LogP contribution in [0.25, 0.3) is 10.8 Å². The number of nitrogens with one attached hydrogen (secondary N) is 1. The van der Waals surface area contributed by atoms with E-state index in [1.807, 2.05) is 0 Å². The summed E-state index contributed by atoms with van der Waals surface area (Å²) in [6, 6.07) is 5.31. The number of benzene rings is 2. The summed E-state index contributed by atoms with van der Waals surface area (Å²) in [6.07, 6.45) is -4.48. The van der Waals surface area contributed by atoms with Crippen LogP contribution in [0.1, 0.15) is 24.0 Å². The maximum Gasteiger partial charge on any atom is 0.417 e. The smallest absolute Gasteiger partial charge is 0.417 e. The van der Waals surface area contributed by atoms with Crippen LogP contribution in [0.3, 0.4) is 0 Å². The summed E-state index contributed by atoms with van der Waals surface area (Å²) in [7, 11) is 0. The monoisotopic (exact) mass is 315 g/mol. The Balaban J connectivity index is 2.43. The molecule has 1 aliphatic rings. The SMILES string of the molecule is CC(Cl)C1CNc2cc(O)c3cccc(C(F)(F)F)c3c21. The molecule has 2 aromatic rings. The molecule has 1 heterocycles. The summed E-state index contributed by atoms with van der Waals surface area (Å²) < 4.78 is 39.9. The van der Waals surface area contributed by atoms with Crippen LogP contribution < -0.4 is 5.32 Å². The number of halogens is 4. The Morgan fingerprint density at radius 2 is 2.10 bits per heavy atom. The van der Waals surface area contributed by atoms with Crippen molar-refractivity contribution in [2.45, 2.75) is 24.4 Å². The first-order valence-corrected chi connectivity index (χ1v) is 6.98. The fraction of sp³-hybridized carbons (Fsp3) is 0.333. The van der Waals surface area contributed by atoms with Crippen LogP contribution in [0.5, 0.6) is 5.75 Å². The lowest BCUT2D eigenvalue weighted by Crippen LogP contribution is -2.13. The van der Waals surface area contributed by atoms with E-state index in [4.69, 9.17) is 11.6 Å². The molecular formula is C15H13ClF3NO. The van der Waals surface area contributed by atoms with E-state index in [0.29, 0.717) is 17.8 Å². The van der Waals surface area contributed by atoms with E-state index in [-0.39, 0.29) is 27.8 Å². The van der Waals surface area contributed by atoms with E-state index in [2.05, 4.69) is 5.32 Å². The average Bonchev–Trinajstić information content (AvgIpc) is 2.81. The van der Waals surface area contributed by atoms with E-state index in [1.165, 1.54) is 18.2 Å². The molecule has 1 aliphatic heterocycles. The maximum absolute atomic E-state index is 13.3. The van der Waals surface area contributed by atoms with Gasteiger partial charge in [0.15, 0.2) is 0 Å². The van der Waals surface area contributed by atoms with Crippen molar-refractivity contribution in [3.05, 3.63) is 35.4 Å². The van der Waals surface area contributed by atoms with Crippen LogP contribution in [0.2, 0.25) is 0 Å². The minimum absolute atomic E-state index is 0.0440. The highest BCUT2D eigenvalue weighted by atomic mass is 35.5. The van der Waals surface area contributed by atoms with Crippen molar-refractivity contribution in [1.29, 1.82) is 0 Å². The second-order valence-corrected chi connectivity index (χ2v) is 5.94. The highest BCUT2D eigenvalue weighted by Crippen LogP contribution is 2.47. The minimum Gasteiger partial charge on any atom is -0.507 e. The van der Waals surface area contributed by atoms with Gasteiger partial charge in [0.2, 0.25) is 0 Å². The van der Waals surface area contributed by atoms with Crippen LogP contribution in [0.15, 0.2) is 24.3 Å². The van der Waals surface area contributed by atoms with E-state index in [1.54, 1.807) is 6.92 Å². The molecule has 0 fully saturated rings. The Bertz CT molecular complexity index is 712. The molecule has 0 aromatic heterocycles. The molecule has 0 saturated carbocycles. The molecule has 0 bridgehead atoms. The first-order valence-electron chi connectivity index (χ1n) is 6.54. The van der Waals surface area contributed by atoms with Gasteiger partial charge in [-0.2, -0.15) is 13.2 Å². The summed E-state index contributed by atoms with van der Waals surface area (Å²) in [6.45, 7) is 2.22. The standard InChI is InChI=1S/C15H13ClF3NO/c1-7(16)9-6-20-11-5-12(21)8-3-2-4-10(15(17,18)19)13(8)14(9)11/h2-5,7,9,20-21H,6H2,1H3. The van der Waals surface area contributed by atoms with Crippen molar-refractivity contribution in [1.82, 2.24) is 0 Å². The fourth-order valence-corrected chi connectivity index (χ4v) is 3.18. The number of phenolic OH excluding ortho intramolecular Hbond substituents is 1. The third-order valence-electron chi connectivity index (χ3n) is 3.92. The largest absolute Gasteiger partial charge is 0.507 e. The van der Waals surface area contributed by atoms with Crippen LogP contribution in [-0.4, -0.2) is 17.0 Å². The number of rotatable bonds is 1. The molecule has 6 heteroatoms. The van der Waals surface area contributed by atoms with E-state index < -0.39 is 11.7 Å². The Morgan fingerprint density at radius 3 is 2.71 bits per heavy atom. The minimum atomic E-state index is -4.48. The van der Waals surface area contributed by atoms with Crippen molar-refractivity contribution < 1.29 is 18.3 Å². The molecule has 3 rings (SSSR count). The van der Waals surface area contributed by atoms with Crippen LogP contribution in [0.4, 0.5) is 18.9 Å². The molecule has 2 aromatic carbocycles. The fourth-order valence-electron chi connectivity index (χ4n) is 2.96. The van der Waals surface area contributed by atoms with Gasteiger partial charge in [0, 0.05) is 40.4 Å². The zero-order valence-corrected chi connectivity index (χ0v) is 11.9. The van der Waals surface area contributed by atoms with Gasteiger partial charge in [-0.3, -0.25) is 0 Å². The van der Waals surface area contributed by atoms with Crippen molar-refractivity contribution in [2.24, 2.45) is 0 Å². The second kappa shape index (κ2) is 4.70. The Hall–Kier alpha value is -1.62. The molecule has 0 amide bonds. The van der Waals surface area contributed by atoms with Gasteiger partial charge in [0.05, 0.1) is 5.56 Å². The molecule has 0 saturated heterocycles. The first-order chi connectivity index (χ1) is 9.80. The van der Waals surface area contributed by atoms with Gasteiger partial charge in [0.25, 0.3) is 0 Å². The molecule has 0 radical (unpaired) electrons. The summed E-state index contributed by atoms with van der Waals surface area (Å²) >= 11 is 6.13. The quantitative estimate of drug-likeness (QED) is 0.748. The molecule has 21 heavy (non-hydrogen) atoms. The van der Waals surface area contributed by atoms with E-state index in [9.17, 15) is 18.3 Å². The third kappa shape index (κ3) is 2.20. The number of alkyl halides is 4. The first kappa shape index (κ1) is 14.3. The van der Waals surface area contributed by atoms with Gasteiger partial charge in [0.1, 0.15) is 5.75 Å². The predicted octanol–water partition coefficient (Wildman–Crippen LogP) is 4.70. The summed E-state index contributed by atoms with van der Waals surface area (Å²) in [5, 5.41) is 13.0. The molecule has 0 aliphatic carbocycles. The molecule has 2 atom stereocenters. The van der Waals surface area contributed by atoms with E-state index in [0.717, 1.165) is 6.07 Å². The van der Waals surface area contributed by atoms with Crippen LogP contribution in [0, 0.1) is 0 Å². The van der Waals surface area contributed by atoms with Crippen LogP contribution in [-0.2, 0) is 6.18 Å². The maximum atomic E-state index is 13.3. The lowest BCUT2D eigenvalue weighted by atomic mass is 9.89. The molecular weight excluding hydrogens is 303 g/mol. The Morgan fingerprint density at radius 1 is 1.38 bits per heavy atom. The van der Waals surface area contributed by atoms with Gasteiger partial charge in [-0.05, 0) is 18.6 Å². The number of hydrogen-bond acceptors (Lipinski definition) is 2. The molecule has 2 unspecified atom stereocenters. The molecule has 2 nitrogen and oxygen atoms in total. The van der Waals surface area contributed by atoms with E-state index >= 15 is 0 Å². The summed E-state index contributed by atoms with van der Waals surface area (Å²) in [5.74, 6) is -0.390. The van der Waals surface area contributed by atoms with Gasteiger partial charge >= 0.3 is 6.18 Å². The zero-order valence-electron chi connectivity index (χ0n) is 11.1. The van der Waals surface area contributed by atoms with Crippen molar-refractivity contribution in [3.8, 4) is 5.75 Å². The summed E-state index contributed by atoms with van der Waals surface area (Å²) in [4.78, 5) is 0. The summed E-state index contributed by atoms with van der Waals surface area (Å²) in [5.41, 5.74) is 0.325. The molecule has 2 N–H and O–H groups in total. The van der Waals surface area contributed by atoms with Gasteiger partial charge < -0.3 is 10.4 Å². The van der Waals surface area contributed by atoms with Crippen molar-refractivity contribution in [2.75, 3.05) is 11.9 Å². The average molecular weight is 316 g/mol. The van der Waals surface area contributed by atoms with Crippen molar-refractivity contribution in [3.63, 3.8) is 0 Å². The lowest BCUT2D eigenvalue weighted by Gasteiger charge is -2.19. The highest BCUT2D eigenvalue weighted by molar-refractivity contribution is 6.21. The Kier molecular flexibility index (Phi) is 3.20. The molecule has 112 valence electrons. The number of phenols is 1. The lowest BCUT2D eigenvalue weighted by molar-refractivity contribution is -0.136. The van der Waals surface area contributed by atoms with Gasteiger partial charge in [-0.1, -0.05) is 12.1 Å². The topological polar surface area (TPSA) is 32.3 Å². The Labute approximate surface area is 124 Å². The normalized spacial score (nSPS) is 19.4.